The van der Waals surface area contributed by atoms with Gasteiger partial charge in [-0.25, -0.2) is 9.07 Å². The van der Waals surface area contributed by atoms with E-state index in [1.54, 1.807) is 18.2 Å². The molecule has 1 aliphatic rings. The molecule has 0 spiro atoms. The van der Waals surface area contributed by atoms with Crippen LogP contribution in [0.3, 0.4) is 0 Å². The van der Waals surface area contributed by atoms with Crippen molar-refractivity contribution < 1.29 is 9.18 Å². The molecule has 1 aliphatic carbocycles. The highest BCUT2D eigenvalue weighted by Crippen LogP contribution is 2.23. The van der Waals surface area contributed by atoms with Crippen molar-refractivity contribution >= 4 is 22.6 Å². The number of H-pyrrole nitrogens is 1. The van der Waals surface area contributed by atoms with Crippen LogP contribution in [0.4, 0.5) is 10.2 Å². The van der Waals surface area contributed by atoms with Crippen LogP contribution < -0.4 is 10.9 Å². The summed E-state index contributed by atoms with van der Waals surface area (Å²) in [7, 11) is 0. The lowest BCUT2D eigenvalue weighted by Crippen LogP contribution is -2.31. The number of rotatable bonds is 3. The monoisotopic (exact) mass is 355 g/mol. The van der Waals surface area contributed by atoms with E-state index >= 15 is 0 Å². The molecule has 1 aromatic carbocycles. The van der Waals surface area contributed by atoms with Crippen LogP contribution in [-0.2, 0) is 24.2 Å². The Morgan fingerprint density at radius 1 is 1.27 bits per heavy atom. The van der Waals surface area contributed by atoms with Gasteiger partial charge in [-0.05, 0) is 43.4 Å². The van der Waals surface area contributed by atoms with Gasteiger partial charge in [-0.3, -0.25) is 14.7 Å². The molecule has 2 heterocycles. The number of anilines is 1. The molecule has 0 bridgehead atoms. The summed E-state index contributed by atoms with van der Waals surface area (Å²) in [6.07, 6.45) is 4.86. The van der Waals surface area contributed by atoms with Crippen molar-refractivity contribution in [1.82, 2.24) is 20.0 Å². The number of carbonyl (C=O) groups is 1. The Labute approximate surface area is 148 Å². The molecule has 0 saturated heterocycles. The average molecular weight is 355 g/mol. The number of aromatic nitrogens is 4. The minimum Gasteiger partial charge on any atom is -0.307 e. The van der Waals surface area contributed by atoms with Gasteiger partial charge in [0.2, 0.25) is 5.91 Å². The molecule has 0 atom stereocenters. The summed E-state index contributed by atoms with van der Waals surface area (Å²) >= 11 is 0. The largest absolute Gasteiger partial charge is 0.307 e. The van der Waals surface area contributed by atoms with Crippen molar-refractivity contribution in [2.45, 2.75) is 38.6 Å². The van der Waals surface area contributed by atoms with Crippen molar-refractivity contribution in [3.8, 4) is 0 Å². The van der Waals surface area contributed by atoms with Gasteiger partial charge in [-0.1, -0.05) is 12.5 Å². The lowest BCUT2D eigenvalue weighted by molar-refractivity contribution is -0.117. The summed E-state index contributed by atoms with van der Waals surface area (Å²) in [4.78, 5) is 24.6. The normalized spacial score (nSPS) is 14.0. The molecule has 1 amide bonds. The maximum Gasteiger partial charge on any atom is 0.267 e. The number of benzene rings is 1. The standard InChI is InChI=1S/C18H18FN5O2/c19-12-6-4-8-14-17(12)18(22-21-14)20-15(25)10-24-16(26)9-11-5-2-1-3-7-13(11)23-24/h4,6,8-9H,1-3,5,7,10H2,(H2,20,21,22,25). The zero-order valence-electron chi connectivity index (χ0n) is 14.1. The predicted molar refractivity (Wildman–Crippen MR) is 94.4 cm³/mol. The van der Waals surface area contributed by atoms with Crippen molar-refractivity contribution in [3.05, 3.63) is 51.7 Å². The van der Waals surface area contributed by atoms with Crippen LogP contribution in [0.15, 0.2) is 29.1 Å². The number of carbonyl (C=O) groups excluding carboxylic acids is 1. The number of amides is 1. The fraction of sp³-hybridized carbons (Fsp3) is 0.333. The summed E-state index contributed by atoms with van der Waals surface area (Å²) in [6, 6.07) is 6.09. The minimum absolute atomic E-state index is 0.103. The predicted octanol–water partition coefficient (Wildman–Crippen LogP) is 2.17. The second kappa shape index (κ2) is 6.70. The zero-order chi connectivity index (χ0) is 18.1. The lowest BCUT2D eigenvalue weighted by atomic mass is 10.1. The van der Waals surface area contributed by atoms with E-state index in [2.05, 4.69) is 20.6 Å². The maximum absolute atomic E-state index is 14.0. The number of hydrogen-bond acceptors (Lipinski definition) is 4. The SMILES string of the molecule is O=C(Cn1nc2c(cc1=O)CCCCC2)Nc1n[nH]c2cccc(F)c12. The van der Waals surface area contributed by atoms with E-state index in [1.165, 1.54) is 6.07 Å². The molecular formula is C18H18FN5O2. The molecule has 0 unspecified atom stereocenters. The Hall–Kier alpha value is -3.03. The fourth-order valence-electron chi connectivity index (χ4n) is 3.32. The van der Waals surface area contributed by atoms with Gasteiger partial charge in [-0.15, -0.1) is 0 Å². The summed E-state index contributed by atoms with van der Waals surface area (Å²) in [5.74, 6) is -0.859. The molecule has 3 aromatic rings. The first-order valence-electron chi connectivity index (χ1n) is 8.64. The summed E-state index contributed by atoms with van der Waals surface area (Å²) in [5.41, 5.74) is 2.04. The highest BCUT2D eigenvalue weighted by atomic mass is 19.1. The van der Waals surface area contributed by atoms with Gasteiger partial charge in [-0.2, -0.15) is 10.2 Å². The number of halogens is 1. The third-order valence-electron chi connectivity index (χ3n) is 4.61. The topological polar surface area (TPSA) is 92.7 Å². The second-order valence-corrected chi connectivity index (χ2v) is 6.46. The van der Waals surface area contributed by atoms with E-state index in [0.29, 0.717) is 5.52 Å². The molecule has 0 fully saturated rings. The third kappa shape index (κ3) is 3.10. The molecule has 134 valence electrons. The molecule has 26 heavy (non-hydrogen) atoms. The van der Waals surface area contributed by atoms with Gasteiger partial charge in [0.25, 0.3) is 5.56 Å². The number of hydrogen-bond donors (Lipinski definition) is 2. The molecule has 8 heteroatoms. The zero-order valence-corrected chi connectivity index (χ0v) is 14.1. The Bertz CT molecular complexity index is 1040. The van der Waals surface area contributed by atoms with Gasteiger partial charge in [0, 0.05) is 6.07 Å². The third-order valence-corrected chi connectivity index (χ3v) is 4.61. The van der Waals surface area contributed by atoms with Gasteiger partial charge >= 0.3 is 0 Å². The highest BCUT2D eigenvalue weighted by molar-refractivity contribution is 5.99. The number of nitrogens with one attached hydrogen (secondary N) is 2. The van der Waals surface area contributed by atoms with E-state index in [1.807, 2.05) is 0 Å². The van der Waals surface area contributed by atoms with Crippen molar-refractivity contribution in [1.29, 1.82) is 0 Å². The van der Waals surface area contributed by atoms with Crippen LogP contribution in [0.25, 0.3) is 10.9 Å². The first-order chi connectivity index (χ1) is 12.6. The molecule has 0 radical (unpaired) electrons. The van der Waals surface area contributed by atoms with Crippen LogP contribution in [0.5, 0.6) is 0 Å². The molecule has 2 aromatic heterocycles. The lowest BCUT2D eigenvalue weighted by Gasteiger charge is -2.09. The van der Waals surface area contributed by atoms with E-state index in [9.17, 15) is 14.0 Å². The minimum atomic E-state index is -0.482. The van der Waals surface area contributed by atoms with E-state index in [4.69, 9.17) is 0 Å². The van der Waals surface area contributed by atoms with Crippen LogP contribution in [0, 0.1) is 5.82 Å². The molecule has 4 rings (SSSR count). The summed E-state index contributed by atoms with van der Waals surface area (Å²) in [5, 5.41) is 13.7. The number of aromatic amines is 1. The van der Waals surface area contributed by atoms with Crippen molar-refractivity contribution in [3.63, 3.8) is 0 Å². The summed E-state index contributed by atoms with van der Waals surface area (Å²) < 4.78 is 15.1. The molecule has 0 saturated carbocycles. The molecular weight excluding hydrogens is 337 g/mol. The maximum atomic E-state index is 14.0. The number of nitrogens with zero attached hydrogens (tertiary/aromatic N) is 3. The van der Waals surface area contributed by atoms with Crippen molar-refractivity contribution in [2.24, 2.45) is 0 Å². The summed E-state index contributed by atoms with van der Waals surface area (Å²) in [6.45, 7) is -0.241. The Morgan fingerprint density at radius 2 is 2.12 bits per heavy atom. The van der Waals surface area contributed by atoms with Crippen molar-refractivity contribution in [2.75, 3.05) is 5.32 Å². The van der Waals surface area contributed by atoms with Gasteiger partial charge in [0.1, 0.15) is 12.4 Å². The van der Waals surface area contributed by atoms with Crippen LogP contribution >= 0.6 is 0 Å². The Morgan fingerprint density at radius 3 is 3.00 bits per heavy atom. The highest BCUT2D eigenvalue weighted by Gasteiger charge is 2.16. The average Bonchev–Trinajstić information content (AvgIpc) is 2.88. The second-order valence-electron chi connectivity index (χ2n) is 6.46. The molecule has 0 aliphatic heterocycles. The van der Waals surface area contributed by atoms with E-state index < -0.39 is 11.7 Å². The van der Waals surface area contributed by atoms with Gasteiger partial charge in [0.15, 0.2) is 5.82 Å². The Balaban J connectivity index is 1.56. The van der Waals surface area contributed by atoms with Gasteiger partial charge < -0.3 is 5.32 Å². The smallest absolute Gasteiger partial charge is 0.267 e. The van der Waals surface area contributed by atoms with Crippen LogP contribution in [0.1, 0.15) is 30.5 Å². The van der Waals surface area contributed by atoms with E-state index in [-0.39, 0.29) is 23.3 Å². The number of fused-ring (bicyclic) bond motifs is 2. The van der Waals surface area contributed by atoms with Crippen LogP contribution in [-0.4, -0.2) is 25.9 Å². The Kier molecular flexibility index (Phi) is 4.24. The quantitative estimate of drug-likeness (QED) is 0.704. The number of aryl methyl sites for hydroxylation is 2. The van der Waals surface area contributed by atoms with Crippen LogP contribution in [0.2, 0.25) is 0 Å². The van der Waals surface area contributed by atoms with Gasteiger partial charge in [0.05, 0.1) is 16.6 Å². The fourth-order valence-corrected chi connectivity index (χ4v) is 3.32. The molecule has 2 N–H and O–H groups in total. The van der Waals surface area contributed by atoms with E-state index in [0.717, 1.165) is 48.0 Å². The first kappa shape index (κ1) is 16.4. The first-order valence-corrected chi connectivity index (χ1v) is 8.64. The molecule has 7 nitrogen and oxygen atoms in total.